The SMILES string of the molecule is CN1C(=O)CCNc2c(F)cc(F)cc21. The standard InChI is InChI=1S/C10H10F2N2O/c1-14-8-5-6(11)4-7(12)10(8)13-3-2-9(14)15/h4-5,13H,2-3H2,1H3. The highest BCUT2D eigenvalue weighted by Gasteiger charge is 2.21. The minimum atomic E-state index is -0.686. The number of carbonyl (C=O) groups is 1. The molecule has 1 amide bonds. The Morgan fingerprint density at radius 3 is 2.87 bits per heavy atom. The van der Waals surface area contributed by atoms with E-state index in [1.807, 2.05) is 0 Å². The maximum absolute atomic E-state index is 13.4. The number of carbonyl (C=O) groups excluding carboxylic acids is 1. The molecule has 0 atom stereocenters. The third kappa shape index (κ3) is 1.65. The Morgan fingerprint density at radius 2 is 2.13 bits per heavy atom. The minimum absolute atomic E-state index is 0.161. The van der Waals surface area contributed by atoms with Crippen molar-refractivity contribution in [3.63, 3.8) is 0 Å². The first-order chi connectivity index (χ1) is 7.09. The molecule has 3 nitrogen and oxygen atoms in total. The van der Waals surface area contributed by atoms with Crippen LogP contribution in [0.25, 0.3) is 0 Å². The Balaban J connectivity index is 2.58. The summed E-state index contributed by atoms with van der Waals surface area (Å²) in [7, 11) is 1.51. The van der Waals surface area contributed by atoms with Crippen molar-refractivity contribution in [3.8, 4) is 0 Å². The summed E-state index contributed by atoms with van der Waals surface area (Å²) in [5.41, 5.74) is 0.430. The summed E-state index contributed by atoms with van der Waals surface area (Å²) >= 11 is 0. The number of fused-ring (bicyclic) bond motifs is 1. The average molecular weight is 212 g/mol. The van der Waals surface area contributed by atoms with Crippen molar-refractivity contribution >= 4 is 17.3 Å². The van der Waals surface area contributed by atoms with E-state index >= 15 is 0 Å². The van der Waals surface area contributed by atoms with Gasteiger partial charge >= 0.3 is 0 Å². The van der Waals surface area contributed by atoms with Gasteiger partial charge in [0.05, 0.1) is 11.4 Å². The number of nitrogens with one attached hydrogen (secondary N) is 1. The van der Waals surface area contributed by atoms with Crippen molar-refractivity contribution in [1.82, 2.24) is 0 Å². The fourth-order valence-corrected chi connectivity index (χ4v) is 1.60. The third-order valence-electron chi connectivity index (χ3n) is 2.41. The van der Waals surface area contributed by atoms with Crippen molar-refractivity contribution in [2.45, 2.75) is 6.42 Å². The highest BCUT2D eigenvalue weighted by molar-refractivity contribution is 5.97. The Labute approximate surface area is 85.7 Å². The van der Waals surface area contributed by atoms with E-state index in [4.69, 9.17) is 0 Å². The van der Waals surface area contributed by atoms with Crippen LogP contribution in [-0.4, -0.2) is 19.5 Å². The maximum Gasteiger partial charge on any atom is 0.228 e. The van der Waals surface area contributed by atoms with Crippen molar-refractivity contribution in [2.24, 2.45) is 0 Å². The van der Waals surface area contributed by atoms with Gasteiger partial charge in [-0.3, -0.25) is 4.79 Å². The number of anilines is 2. The summed E-state index contributed by atoms with van der Waals surface area (Å²) in [6, 6.07) is 1.95. The summed E-state index contributed by atoms with van der Waals surface area (Å²) in [4.78, 5) is 12.7. The van der Waals surface area contributed by atoms with Gasteiger partial charge in [0.1, 0.15) is 5.82 Å². The molecule has 1 N–H and O–H groups in total. The molecule has 2 rings (SSSR count). The molecule has 1 aromatic carbocycles. The smallest absolute Gasteiger partial charge is 0.228 e. The predicted molar refractivity (Wildman–Crippen MR) is 52.9 cm³/mol. The van der Waals surface area contributed by atoms with E-state index in [0.717, 1.165) is 12.1 Å². The van der Waals surface area contributed by atoms with E-state index in [0.29, 0.717) is 6.54 Å². The maximum atomic E-state index is 13.4. The second-order valence-electron chi connectivity index (χ2n) is 3.41. The summed E-state index contributed by atoms with van der Waals surface area (Å²) < 4.78 is 26.4. The lowest BCUT2D eigenvalue weighted by Crippen LogP contribution is -2.25. The number of rotatable bonds is 0. The van der Waals surface area contributed by atoms with Crippen molar-refractivity contribution in [2.75, 3.05) is 23.8 Å². The van der Waals surface area contributed by atoms with Crippen molar-refractivity contribution < 1.29 is 13.6 Å². The minimum Gasteiger partial charge on any atom is -0.380 e. The molecule has 0 saturated carbocycles. The lowest BCUT2D eigenvalue weighted by atomic mass is 10.2. The molecule has 1 heterocycles. The number of nitrogens with zero attached hydrogens (tertiary/aromatic N) is 1. The highest BCUT2D eigenvalue weighted by atomic mass is 19.1. The largest absolute Gasteiger partial charge is 0.380 e. The third-order valence-corrected chi connectivity index (χ3v) is 2.41. The molecule has 15 heavy (non-hydrogen) atoms. The van der Waals surface area contributed by atoms with Gasteiger partial charge in [-0.1, -0.05) is 0 Å². The lowest BCUT2D eigenvalue weighted by molar-refractivity contribution is -0.118. The fraction of sp³-hybridized carbons (Fsp3) is 0.300. The van der Waals surface area contributed by atoms with Crippen LogP contribution in [0.2, 0.25) is 0 Å². The molecule has 0 aliphatic carbocycles. The molecule has 1 aromatic rings. The number of benzene rings is 1. The van der Waals surface area contributed by atoms with Gasteiger partial charge in [0.15, 0.2) is 5.82 Å². The van der Waals surface area contributed by atoms with Crippen LogP contribution in [0, 0.1) is 11.6 Å². The summed E-state index contributed by atoms with van der Waals surface area (Å²) in [5.74, 6) is -1.52. The molecule has 80 valence electrons. The second kappa shape index (κ2) is 3.49. The molecule has 1 aliphatic heterocycles. The molecule has 0 spiro atoms. The average Bonchev–Trinajstić information content (AvgIpc) is 2.30. The van der Waals surface area contributed by atoms with Crippen molar-refractivity contribution in [1.29, 1.82) is 0 Å². The Kier molecular flexibility index (Phi) is 2.30. The molecule has 0 saturated heterocycles. The van der Waals surface area contributed by atoms with Crippen LogP contribution in [0.15, 0.2) is 12.1 Å². The number of hydrogen-bond donors (Lipinski definition) is 1. The Bertz CT molecular complexity index is 420. The molecule has 1 aliphatic rings. The highest BCUT2D eigenvalue weighted by Crippen LogP contribution is 2.31. The van der Waals surface area contributed by atoms with Crippen LogP contribution >= 0.6 is 0 Å². The zero-order valence-corrected chi connectivity index (χ0v) is 8.18. The van der Waals surface area contributed by atoms with Crippen LogP contribution < -0.4 is 10.2 Å². The van der Waals surface area contributed by atoms with Crippen molar-refractivity contribution in [3.05, 3.63) is 23.8 Å². The van der Waals surface area contributed by atoms with E-state index in [1.165, 1.54) is 11.9 Å². The van der Waals surface area contributed by atoms with E-state index in [-0.39, 0.29) is 23.7 Å². The summed E-state index contributed by atoms with van der Waals surface area (Å²) in [6.07, 6.45) is 0.270. The molecule has 0 unspecified atom stereocenters. The normalized spacial score (nSPS) is 15.7. The summed E-state index contributed by atoms with van der Waals surface area (Å²) in [6.45, 7) is 0.360. The fourth-order valence-electron chi connectivity index (χ4n) is 1.60. The molecule has 0 aromatic heterocycles. The van der Waals surface area contributed by atoms with Gasteiger partial charge in [-0.15, -0.1) is 0 Å². The molecule has 5 heteroatoms. The van der Waals surface area contributed by atoms with E-state index in [1.54, 1.807) is 0 Å². The monoisotopic (exact) mass is 212 g/mol. The zero-order chi connectivity index (χ0) is 11.0. The second-order valence-corrected chi connectivity index (χ2v) is 3.41. The topological polar surface area (TPSA) is 32.3 Å². The van der Waals surface area contributed by atoms with Crippen LogP contribution in [0.5, 0.6) is 0 Å². The van der Waals surface area contributed by atoms with Crippen LogP contribution in [-0.2, 0) is 4.79 Å². The first-order valence-electron chi connectivity index (χ1n) is 4.59. The lowest BCUT2D eigenvalue weighted by Gasteiger charge is -2.17. The molecule has 0 fully saturated rings. The number of halogens is 2. The predicted octanol–water partition coefficient (Wildman–Crippen LogP) is 1.74. The quantitative estimate of drug-likeness (QED) is 0.710. The molecule has 0 bridgehead atoms. The Hall–Kier alpha value is -1.65. The van der Waals surface area contributed by atoms with E-state index in [9.17, 15) is 13.6 Å². The van der Waals surface area contributed by atoms with E-state index in [2.05, 4.69) is 5.32 Å². The van der Waals surface area contributed by atoms with Gasteiger partial charge in [-0.05, 0) is 6.07 Å². The number of amides is 1. The van der Waals surface area contributed by atoms with Gasteiger partial charge in [0, 0.05) is 26.1 Å². The van der Waals surface area contributed by atoms with Gasteiger partial charge in [0.2, 0.25) is 5.91 Å². The van der Waals surface area contributed by atoms with Gasteiger partial charge < -0.3 is 10.2 Å². The van der Waals surface area contributed by atoms with Crippen LogP contribution in [0.3, 0.4) is 0 Å². The molecule has 0 radical (unpaired) electrons. The Morgan fingerprint density at radius 1 is 1.40 bits per heavy atom. The number of hydrogen-bond acceptors (Lipinski definition) is 2. The molecular weight excluding hydrogens is 202 g/mol. The first-order valence-corrected chi connectivity index (χ1v) is 4.59. The van der Waals surface area contributed by atoms with Gasteiger partial charge in [0.25, 0.3) is 0 Å². The first kappa shape index (κ1) is 9.89. The van der Waals surface area contributed by atoms with E-state index < -0.39 is 11.6 Å². The molecular formula is C10H10F2N2O. The van der Waals surface area contributed by atoms with Crippen LogP contribution in [0.4, 0.5) is 20.2 Å². The summed E-state index contributed by atoms with van der Waals surface area (Å²) in [5, 5.41) is 2.78. The van der Waals surface area contributed by atoms with Gasteiger partial charge in [-0.2, -0.15) is 0 Å². The van der Waals surface area contributed by atoms with Gasteiger partial charge in [-0.25, -0.2) is 8.78 Å². The van der Waals surface area contributed by atoms with Crippen LogP contribution in [0.1, 0.15) is 6.42 Å². The zero-order valence-electron chi connectivity index (χ0n) is 8.18.